The van der Waals surface area contributed by atoms with E-state index in [0.717, 1.165) is 17.0 Å². The lowest BCUT2D eigenvalue weighted by Crippen LogP contribution is -2.28. The number of ether oxygens (including phenoxy) is 1. The normalized spacial score (nSPS) is 10.5. The van der Waals surface area contributed by atoms with Crippen molar-refractivity contribution in [1.82, 2.24) is 14.9 Å². The fourth-order valence-electron chi connectivity index (χ4n) is 2.68. The van der Waals surface area contributed by atoms with Gasteiger partial charge in [-0.2, -0.15) is 0 Å². The van der Waals surface area contributed by atoms with Gasteiger partial charge >= 0.3 is 5.69 Å². The Hall–Kier alpha value is -3.28. The molecule has 0 aliphatic rings. The number of aryl methyl sites for hydroxylation is 2. The Labute approximate surface area is 151 Å². The molecule has 1 amide bonds. The lowest BCUT2D eigenvalue weighted by Gasteiger charge is -2.10. The summed E-state index contributed by atoms with van der Waals surface area (Å²) in [6.07, 6.45) is 1.65. The highest BCUT2D eigenvalue weighted by Crippen LogP contribution is 2.15. The number of imidazole rings is 1. The molecule has 0 fully saturated rings. The molecular formula is C20H21N3O3. The molecule has 0 aliphatic heterocycles. The molecule has 0 bridgehead atoms. The zero-order valence-corrected chi connectivity index (χ0v) is 14.8. The van der Waals surface area contributed by atoms with Crippen LogP contribution >= 0.6 is 0 Å². The Morgan fingerprint density at radius 1 is 1.12 bits per heavy atom. The fraction of sp³-hybridized carbons (Fsp3) is 0.200. The molecule has 0 atom stereocenters. The van der Waals surface area contributed by atoms with Crippen LogP contribution in [0.4, 0.5) is 0 Å². The van der Waals surface area contributed by atoms with Gasteiger partial charge in [-0.3, -0.25) is 9.36 Å². The lowest BCUT2D eigenvalue weighted by molar-refractivity contribution is 0.0947. The summed E-state index contributed by atoms with van der Waals surface area (Å²) in [7, 11) is 0. The van der Waals surface area contributed by atoms with E-state index in [-0.39, 0.29) is 11.6 Å². The second kappa shape index (κ2) is 7.74. The fourth-order valence-corrected chi connectivity index (χ4v) is 2.68. The molecule has 0 unspecified atom stereocenters. The van der Waals surface area contributed by atoms with Gasteiger partial charge in [0.2, 0.25) is 0 Å². The molecule has 0 saturated heterocycles. The minimum Gasteiger partial charge on any atom is -0.491 e. The molecule has 3 aromatic rings. The van der Waals surface area contributed by atoms with Crippen LogP contribution < -0.4 is 15.7 Å². The topological polar surface area (TPSA) is 76.1 Å². The average Bonchev–Trinajstić information content (AvgIpc) is 2.98. The van der Waals surface area contributed by atoms with Gasteiger partial charge < -0.3 is 15.0 Å². The molecule has 0 radical (unpaired) electrons. The van der Waals surface area contributed by atoms with Crippen LogP contribution in [0.3, 0.4) is 0 Å². The van der Waals surface area contributed by atoms with Crippen LogP contribution in [0, 0.1) is 13.8 Å². The number of amides is 1. The molecule has 134 valence electrons. The summed E-state index contributed by atoms with van der Waals surface area (Å²) in [5.74, 6) is 0.640. The van der Waals surface area contributed by atoms with Gasteiger partial charge in [0, 0.05) is 17.5 Å². The predicted molar refractivity (Wildman–Crippen MR) is 100 cm³/mol. The molecule has 0 aliphatic carbocycles. The number of carbonyl (C=O) groups is 1. The molecular weight excluding hydrogens is 330 g/mol. The van der Waals surface area contributed by atoms with Crippen LogP contribution in [0.15, 0.2) is 59.5 Å². The Morgan fingerprint density at radius 3 is 2.50 bits per heavy atom. The average molecular weight is 351 g/mol. The van der Waals surface area contributed by atoms with Gasteiger partial charge in [-0.25, -0.2) is 4.79 Å². The third-order valence-electron chi connectivity index (χ3n) is 4.09. The number of para-hydroxylation sites is 1. The standard InChI is InChI=1S/C20H21N3O3/c1-14-5-3-4-6-18(14)26-12-11-21-19(24)16-7-9-17(10-8-16)23-15(2)13-22-20(23)25/h3-10,13H,11-12H2,1-2H3,(H,21,24)(H,22,25). The Kier molecular flexibility index (Phi) is 5.22. The molecule has 6 nitrogen and oxygen atoms in total. The third-order valence-corrected chi connectivity index (χ3v) is 4.09. The first-order valence-corrected chi connectivity index (χ1v) is 8.40. The van der Waals surface area contributed by atoms with Crippen LogP contribution in [0.25, 0.3) is 5.69 Å². The van der Waals surface area contributed by atoms with Crippen molar-refractivity contribution >= 4 is 5.91 Å². The highest BCUT2D eigenvalue weighted by atomic mass is 16.5. The van der Waals surface area contributed by atoms with Crippen molar-refractivity contribution in [3.05, 3.63) is 82.0 Å². The van der Waals surface area contributed by atoms with E-state index < -0.39 is 0 Å². The maximum atomic E-state index is 12.2. The van der Waals surface area contributed by atoms with Crippen molar-refractivity contribution in [3.8, 4) is 11.4 Å². The number of H-pyrrole nitrogens is 1. The van der Waals surface area contributed by atoms with Crippen molar-refractivity contribution in [2.75, 3.05) is 13.2 Å². The number of hydrogen-bond donors (Lipinski definition) is 2. The van der Waals surface area contributed by atoms with Gasteiger partial charge in [0.15, 0.2) is 0 Å². The van der Waals surface area contributed by atoms with E-state index in [0.29, 0.717) is 24.4 Å². The van der Waals surface area contributed by atoms with Crippen molar-refractivity contribution < 1.29 is 9.53 Å². The second-order valence-corrected chi connectivity index (χ2v) is 5.99. The van der Waals surface area contributed by atoms with Gasteiger partial charge in [0.1, 0.15) is 12.4 Å². The SMILES string of the molecule is Cc1ccccc1OCCNC(=O)c1ccc(-n2c(C)c[nH]c2=O)cc1. The number of nitrogens with zero attached hydrogens (tertiary/aromatic N) is 1. The summed E-state index contributed by atoms with van der Waals surface area (Å²) in [6, 6.07) is 14.7. The van der Waals surface area contributed by atoms with E-state index in [9.17, 15) is 9.59 Å². The van der Waals surface area contributed by atoms with Gasteiger partial charge in [-0.05, 0) is 49.7 Å². The second-order valence-electron chi connectivity index (χ2n) is 5.99. The van der Waals surface area contributed by atoms with Crippen LogP contribution in [-0.4, -0.2) is 28.6 Å². The number of nitrogens with one attached hydrogen (secondary N) is 2. The first kappa shape index (κ1) is 17.5. The van der Waals surface area contributed by atoms with Gasteiger partial charge in [0.25, 0.3) is 5.91 Å². The molecule has 6 heteroatoms. The maximum absolute atomic E-state index is 12.2. The van der Waals surface area contributed by atoms with E-state index >= 15 is 0 Å². The third kappa shape index (κ3) is 3.85. The summed E-state index contributed by atoms with van der Waals surface area (Å²) in [4.78, 5) is 26.6. The molecule has 2 aromatic carbocycles. The van der Waals surface area contributed by atoms with E-state index in [2.05, 4.69) is 10.3 Å². The van der Waals surface area contributed by atoms with Crippen molar-refractivity contribution in [2.45, 2.75) is 13.8 Å². The quantitative estimate of drug-likeness (QED) is 0.670. The first-order valence-electron chi connectivity index (χ1n) is 8.40. The molecule has 26 heavy (non-hydrogen) atoms. The summed E-state index contributed by atoms with van der Waals surface area (Å²) in [5, 5.41) is 2.83. The highest BCUT2D eigenvalue weighted by Gasteiger charge is 2.08. The minimum atomic E-state index is -0.201. The number of hydrogen-bond acceptors (Lipinski definition) is 3. The Bertz CT molecular complexity index is 955. The molecule has 3 rings (SSSR count). The van der Waals surface area contributed by atoms with E-state index in [1.54, 1.807) is 35.0 Å². The smallest absolute Gasteiger partial charge is 0.330 e. The summed E-state index contributed by atoms with van der Waals surface area (Å²) in [6.45, 7) is 4.62. The molecule has 0 saturated carbocycles. The zero-order valence-electron chi connectivity index (χ0n) is 14.8. The summed E-state index contributed by atoms with van der Waals surface area (Å²) in [5.41, 5.74) is 2.91. The monoisotopic (exact) mass is 351 g/mol. The molecule has 1 aromatic heterocycles. The Morgan fingerprint density at radius 2 is 1.85 bits per heavy atom. The summed E-state index contributed by atoms with van der Waals surface area (Å²) < 4.78 is 7.21. The number of aromatic amines is 1. The van der Waals surface area contributed by atoms with Crippen LogP contribution in [0.5, 0.6) is 5.75 Å². The molecule has 0 spiro atoms. The number of benzene rings is 2. The predicted octanol–water partition coefficient (Wildman–Crippen LogP) is 2.59. The van der Waals surface area contributed by atoms with E-state index in [1.165, 1.54) is 0 Å². The number of carbonyl (C=O) groups excluding carboxylic acids is 1. The van der Waals surface area contributed by atoms with Gasteiger partial charge in [-0.15, -0.1) is 0 Å². The van der Waals surface area contributed by atoms with Crippen LogP contribution in [-0.2, 0) is 0 Å². The van der Waals surface area contributed by atoms with Crippen LogP contribution in [0.1, 0.15) is 21.6 Å². The molecule has 1 heterocycles. The van der Waals surface area contributed by atoms with E-state index in [1.807, 2.05) is 38.1 Å². The van der Waals surface area contributed by atoms with E-state index in [4.69, 9.17) is 4.74 Å². The lowest BCUT2D eigenvalue weighted by atomic mass is 10.2. The highest BCUT2D eigenvalue weighted by molar-refractivity contribution is 5.94. The zero-order chi connectivity index (χ0) is 18.5. The van der Waals surface area contributed by atoms with Gasteiger partial charge in [-0.1, -0.05) is 18.2 Å². The number of rotatable bonds is 6. The molecule has 2 N–H and O–H groups in total. The first-order chi connectivity index (χ1) is 12.6. The van der Waals surface area contributed by atoms with Crippen molar-refractivity contribution in [1.29, 1.82) is 0 Å². The minimum absolute atomic E-state index is 0.178. The summed E-state index contributed by atoms with van der Waals surface area (Å²) >= 11 is 0. The van der Waals surface area contributed by atoms with Crippen molar-refractivity contribution in [2.24, 2.45) is 0 Å². The van der Waals surface area contributed by atoms with Gasteiger partial charge in [0.05, 0.1) is 12.2 Å². The van der Waals surface area contributed by atoms with Crippen LogP contribution in [0.2, 0.25) is 0 Å². The number of aromatic nitrogens is 2. The van der Waals surface area contributed by atoms with Crippen molar-refractivity contribution in [3.63, 3.8) is 0 Å². The maximum Gasteiger partial charge on any atom is 0.330 e. The largest absolute Gasteiger partial charge is 0.491 e. The Balaban J connectivity index is 1.55.